The predicted octanol–water partition coefficient (Wildman–Crippen LogP) is 2.72. The van der Waals surface area contributed by atoms with Crippen molar-refractivity contribution < 1.29 is 22.7 Å². The number of rotatable bonds is 4. The average Bonchev–Trinajstić information content (AvgIpc) is 3.50. The van der Waals surface area contributed by atoms with E-state index in [1.54, 1.807) is 34.4 Å². The van der Waals surface area contributed by atoms with Gasteiger partial charge in [-0.25, -0.2) is 8.42 Å². The largest absolute Gasteiger partial charge is 0.350 e. The van der Waals surface area contributed by atoms with Crippen LogP contribution in [0.2, 0.25) is 0 Å². The smallest absolute Gasteiger partial charge is 0.253 e. The topological polar surface area (TPSA) is 76.2 Å². The van der Waals surface area contributed by atoms with Gasteiger partial charge in [0.1, 0.15) is 0 Å². The van der Waals surface area contributed by atoms with Crippen molar-refractivity contribution >= 4 is 27.3 Å². The molecule has 0 atom stereocenters. The molecule has 3 aliphatic heterocycles. The number of likely N-dealkylation sites (tertiary alicyclic amines) is 1. The van der Waals surface area contributed by atoms with Gasteiger partial charge in [0.2, 0.25) is 10.0 Å². The number of fused-ring (bicyclic) bond motifs is 1. The number of carbonyl (C=O) groups is 1. The second kappa shape index (κ2) is 8.63. The van der Waals surface area contributed by atoms with E-state index in [1.165, 1.54) is 15.2 Å². The zero-order valence-electron chi connectivity index (χ0n) is 17.2. The molecule has 3 aliphatic rings. The van der Waals surface area contributed by atoms with E-state index in [0.717, 1.165) is 24.8 Å². The minimum absolute atomic E-state index is 0.123. The van der Waals surface area contributed by atoms with Crippen molar-refractivity contribution in [3.05, 3.63) is 51.7 Å². The predicted molar refractivity (Wildman–Crippen MR) is 116 cm³/mol. The monoisotopic (exact) mass is 462 g/mol. The van der Waals surface area contributed by atoms with Gasteiger partial charge in [-0.3, -0.25) is 4.79 Å². The van der Waals surface area contributed by atoms with Crippen LogP contribution in [-0.4, -0.2) is 62.7 Å². The number of piperidine rings is 1. The van der Waals surface area contributed by atoms with Crippen molar-refractivity contribution in [3.8, 4) is 0 Å². The summed E-state index contributed by atoms with van der Waals surface area (Å²) in [5, 5.41) is 2.01. The molecule has 0 radical (unpaired) electrons. The van der Waals surface area contributed by atoms with E-state index >= 15 is 0 Å². The average molecular weight is 463 g/mol. The lowest BCUT2D eigenvalue weighted by Gasteiger charge is -2.34. The molecule has 0 bridgehead atoms. The van der Waals surface area contributed by atoms with Gasteiger partial charge < -0.3 is 14.4 Å². The Balaban J connectivity index is 1.28. The molecule has 1 amide bonds. The van der Waals surface area contributed by atoms with Crippen LogP contribution in [0.4, 0.5) is 0 Å². The molecule has 4 heterocycles. The van der Waals surface area contributed by atoms with Crippen LogP contribution in [-0.2, 0) is 32.5 Å². The summed E-state index contributed by atoms with van der Waals surface area (Å²) in [5.41, 5.74) is 1.49. The number of sulfonamides is 1. The Bertz CT molecular complexity index is 1050. The summed E-state index contributed by atoms with van der Waals surface area (Å²) in [6, 6.07) is 8.45. The fourth-order valence-corrected chi connectivity index (χ4v) is 6.93. The highest BCUT2D eigenvalue weighted by Crippen LogP contribution is 2.29. The van der Waals surface area contributed by atoms with E-state index in [4.69, 9.17) is 9.47 Å². The Morgan fingerprint density at radius 3 is 2.61 bits per heavy atom. The molecule has 0 aliphatic carbocycles. The summed E-state index contributed by atoms with van der Waals surface area (Å²) >= 11 is 1.68. The highest BCUT2D eigenvalue weighted by atomic mass is 32.2. The molecule has 2 fully saturated rings. The lowest BCUT2D eigenvalue weighted by molar-refractivity contribution is -0.0956. The summed E-state index contributed by atoms with van der Waals surface area (Å²) in [4.78, 5) is 16.3. The molecule has 0 spiro atoms. The van der Waals surface area contributed by atoms with E-state index in [2.05, 4.69) is 0 Å². The van der Waals surface area contributed by atoms with E-state index < -0.39 is 10.0 Å². The standard InChI is InChI=1S/C22H26N2O5S2/c25-21(23-8-4-16(5-9-23)22-28-11-12-29-22)17-2-1-3-19(14-17)31(26,27)24-10-6-20-18(15-24)7-13-30-20/h1-3,7,13-14,16,22H,4-6,8-12,15H2. The second-order valence-electron chi connectivity index (χ2n) is 8.23. The summed E-state index contributed by atoms with van der Waals surface area (Å²) < 4.78 is 39.2. The molecule has 1 aromatic carbocycles. The van der Waals surface area contributed by atoms with Crippen LogP contribution in [0.1, 0.15) is 33.6 Å². The molecule has 5 rings (SSSR count). The minimum atomic E-state index is -3.66. The van der Waals surface area contributed by atoms with Gasteiger partial charge in [0.15, 0.2) is 6.29 Å². The maximum Gasteiger partial charge on any atom is 0.253 e. The van der Waals surface area contributed by atoms with Gasteiger partial charge >= 0.3 is 0 Å². The number of hydrogen-bond acceptors (Lipinski definition) is 6. The molecular weight excluding hydrogens is 436 g/mol. The third-order valence-electron chi connectivity index (χ3n) is 6.35. The molecule has 31 heavy (non-hydrogen) atoms. The molecule has 2 saturated heterocycles. The van der Waals surface area contributed by atoms with E-state index in [-0.39, 0.29) is 17.1 Å². The fraction of sp³-hybridized carbons (Fsp3) is 0.500. The van der Waals surface area contributed by atoms with Crippen LogP contribution >= 0.6 is 11.3 Å². The number of ether oxygens (including phenoxy) is 2. The lowest BCUT2D eigenvalue weighted by atomic mass is 9.95. The first-order valence-corrected chi connectivity index (χ1v) is 13.0. The van der Waals surface area contributed by atoms with Crippen LogP contribution in [0.5, 0.6) is 0 Å². The van der Waals surface area contributed by atoms with Crippen molar-refractivity contribution in [3.63, 3.8) is 0 Å². The van der Waals surface area contributed by atoms with Gasteiger partial charge in [-0.15, -0.1) is 11.3 Å². The van der Waals surface area contributed by atoms with Gasteiger partial charge in [-0.05, 0) is 54.5 Å². The molecule has 0 unspecified atom stereocenters. The number of amides is 1. The quantitative estimate of drug-likeness (QED) is 0.698. The second-order valence-corrected chi connectivity index (χ2v) is 11.2. The Kier molecular flexibility index (Phi) is 5.87. The molecule has 7 nitrogen and oxygen atoms in total. The van der Waals surface area contributed by atoms with Gasteiger partial charge in [0, 0.05) is 42.5 Å². The number of thiophene rings is 1. The number of hydrogen-bond donors (Lipinski definition) is 0. The van der Waals surface area contributed by atoms with Gasteiger partial charge in [-0.1, -0.05) is 6.07 Å². The van der Waals surface area contributed by atoms with E-state index in [1.807, 2.05) is 11.4 Å². The molecule has 0 N–H and O–H groups in total. The first-order valence-electron chi connectivity index (χ1n) is 10.7. The number of nitrogens with zero attached hydrogens (tertiary/aromatic N) is 2. The fourth-order valence-electron chi connectivity index (χ4n) is 4.57. The zero-order chi connectivity index (χ0) is 21.4. The maximum absolute atomic E-state index is 13.2. The molecule has 2 aromatic rings. The zero-order valence-corrected chi connectivity index (χ0v) is 18.9. The lowest BCUT2D eigenvalue weighted by Crippen LogP contribution is -2.41. The SMILES string of the molecule is O=C(c1cccc(S(=O)(=O)N2CCc3sccc3C2)c1)N1CCC(C2OCCO2)CC1. The Hall–Kier alpha value is -1.78. The van der Waals surface area contributed by atoms with Crippen molar-refractivity contribution in [2.45, 2.75) is 37.0 Å². The minimum Gasteiger partial charge on any atom is -0.350 e. The number of benzene rings is 1. The number of carbonyl (C=O) groups excluding carboxylic acids is 1. The molecule has 0 saturated carbocycles. The molecule has 1 aromatic heterocycles. The maximum atomic E-state index is 13.2. The Labute approximate surface area is 186 Å². The third kappa shape index (κ3) is 4.17. The third-order valence-corrected chi connectivity index (χ3v) is 9.21. The van der Waals surface area contributed by atoms with E-state index in [9.17, 15) is 13.2 Å². The molecule has 166 valence electrons. The first-order chi connectivity index (χ1) is 15.0. The van der Waals surface area contributed by atoms with Gasteiger partial charge in [0.25, 0.3) is 5.91 Å². The van der Waals surface area contributed by atoms with Gasteiger partial charge in [0.05, 0.1) is 18.1 Å². The summed E-state index contributed by atoms with van der Waals surface area (Å²) in [7, 11) is -3.66. The van der Waals surface area contributed by atoms with E-state index in [0.29, 0.717) is 50.9 Å². The van der Waals surface area contributed by atoms with Crippen LogP contribution in [0, 0.1) is 5.92 Å². The Morgan fingerprint density at radius 1 is 1.06 bits per heavy atom. The highest BCUT2D eigenvalue weighted by molar-refractivity contribution is 7.89. The van der Waals surface area contributed by atoms with Crippen LogP contribution in [0.15, 0.2) is 40.6 Å². The summed E-state index contributed by atoms with van der Waals surface area (Å²) in [6.45, 7) is 3.37. The van der Waals surface area contributed by atoms with Gasteiger partial charge in [-0.2, -0.15) is 4.31 Å². The normalized spacial score (nSPS) is 21.4. The molecule has 9 heteroatoms. The Morgan fingerprint density at radius 2 is 1.84 bits per heavy atom. The van der Waals surface area contributed by atoms with Crippen LogP contribution in [0.25, 0.3) is 0 Å². The molecular formula is C22H26N2O5S2. The highest BCUT2D eigenvalue weighted by Gasteiger charge is 2.33. The van der Waals surface area contributed by atoms with Crippen molar-refractivity contribution in [2.24, 2.45) is 5.92 Å². The van der Waals surface area contributed by atoms with Crippen molar-refractivity contribution in [1.82, 2.24) is 9.21 Å². The van der Waals surface area contributed by atoms with Crippen molar-refractivity contribution in [1.29, 1.82) is 0 Å². The summed E-state index contributed by atoms with van der Waals surface area (Å²) in [5.74, 6) is 0.182. The first kappa shape index (κ1) is 21.1. The summed E-state index contributed by atoms with van der Waals surface area (Å²) in [6.07, 6.45) is 2.23. The van der Waals surface area contributed by atoms with Crippen LogP contribution < -0.4 is 0 Å². The van der Waals surface area contributed by atoms with Crippen LogP contribution in [0.3, 0.4) is 0 Å². The van der Waals surface area contributed by atoms with Crippen molar-refractivity contribution in [2.75, 3.05) is 32.8 Å².